The lowest BCUT2D eigenvalue weighted by Gasteiger charge is -2.45. The van der Waals surface area contributed by atoms with Crippen molar-refractivity contribution in [3.63, 3.8) is 0 Å². The lowest BCUT2D eigenvalue weighted by Crippen LogP contribution is -2.60. The minimum absolute atomic E-state index is 0.356. The summed E-state index contributed by atoms with van der Waals surface area (Å²) in [4.78, 5) is 20.4. The zero-order valence-corrected chi connectivity index (χ0v) is 27.7. The van der Waals surface area contributed by atoms with Crippen molar-refractivity contribution < 1.29 is 9.28 Å². The van der Waals surface area contributed by atoms with Crippen LogP contribution in [0.4, 0.5) is 5.69 Å². The fraction of sp³-hybridized carbons (Fsp3) is 0.806. The van der Waals surface area contributed by atoms with E-state index < -0.39 is 0 Å². The van der Waals surface area contributed by atoms with Gasteiger partial charge in [-0.1, -0.05) is 44.9 Å². The topological polar surface area (TPSA) is 47.6 Å². The summed E-state index contributed by atoms with van der Waals surface area (Å²) in [7, 11) is 4.08. The number of amides is 1. The maximum atomic E-state index is 15.0. The Balaban J connectivity index is 1.49. The Labute approximate surface area is 258 Å². The molecule has 0 unspecified atom stereocenters. The van der Waals surface area contributed by atoms with Gasteiger partial charge in [-0.25, -0.2) is 9.28 Å². The summed E-state index contributed by atoms with van der Waals surface area (Å²) in [6, 6.07) is 11.7. The predicted molar refractivity (Wildman–Crippen MR) is 178 cm³/mol. The molecule has 2 heterocycles. The predicted octanol–water partition coefficient (Wildman–Crippen LogP) is 6.42. The van der Waals surface area contributed by atoms with Crippen LogP contribution in [-0.2, 0) is 4.79 Å². The first kappa shape index (κ1) is 33.4. The minimum atomic E-state index is -0.356. The van der Waals surface area contributed by atoms with Crippen LogP contribution in [0.15, 0.2) is 30.3 Å². The summed E-state index contributed by atoms with van der Waals surface area (Å²) < 4.78 is 0.673. The van der Waals surface area contributed by atoms with Crippen LogP contribution in [0.3, 0.4) is 0 Å². The van der Waals surface area contributed by atoms with Crippen LogP contribution in [0, 0.1) is 11.8 Å². The molecule has 6 nitrogen and oxygen atoms in total. The van der Waals surface area contributed by atoms with E-state index in [2.05, 4.69) is 64.6 Å². The Morgan fingerprint density at radius 1 is 0.810 bits per heavy atom. The lowest BCUT2D eigenvalue weighted by molar-refractivity contribution is -0.847. The molecule has 2 aliphatic heterocycles. The van der Waals surface area contributed by atoms with E-state index in [4.69, 9.17) is 0 Å². The second-order valence-corrected chi connectivity index (χ2v) is 14.2. The molecule has 3 aliphatic rings. The lowest BCUT2D eigenvalue weighted by atomic mass is 9.78. The SMILES string of the molecule is CNCCCCCC[N+]1(CCCCCCNC)CN(c2ccccc2)C2(CCN([C@H]3CC[C@H](C(C)C)CC3)CC2)C1=O. The molecule has 1 aromatic carbocycles. The third-order valence-electron chi connectivity index (χ3n) is 11.2. The molecule has 1 aliphatic carbocycles. The van der Waals surface area contributed by atoms with Crippen molar-refractivity contribution in [2.45, 2.75) is 115 Å². The van der Waals surface area contributed by atoms with E-state index in [-0.39, 0.29) is 5.54 Å². The Bertz CT molecular complexity index is 889. The van der Waals surface area contributed by atoms with Crippen LogP contribution in [0.25, 0.3) is 0 Å². The third-order valence-corrected chi connectivity index (χ3v) is 11.2. The maximum absolute atomic E-state index is 15.0. The first-order valence-electron chi connectivity index (χ1n) is 17.7. The van der Waals surface area contributed by atoms with E-state index in [1.54, 1.807) is 0 Å². The van der Waals surface area contributed by atoms with Crippen molar-refractivity contribution in [3.8, 4) is 0 Å². The van der Waals surface area contributed by atoms with Gasteiger partial charge < -0.3 is 20.4 Å². The molecule has 1 spiro atoms. The van der Waals surface area contributed by atoms with Crippen molar-refractivity contribution in [2.75, 3.05) is 64.9 Å². The Hall–Kier alpha value is -1.47. The highest BCUT2D eigenvalue weighted by atomic mass is 16.2. The van der Waals surface area contributed by atoms with Gasteiger partial charge in [-0.15, -0.1) is 0 Å². The zero-order chi connectivity index (χ0) is 29.8. The summed E-state index contributed by atoms with van der Waals surface area (Å²) in [6.45, 7) is 12.0. The van der Waals surface area contributed by atoms with Crippen LogP contribution in [0.2, 0.25) is 0 Å². The van der Waals surface area contributed by atoms with Gasteiger partial charge in [-0.05, 0) is 128 Å². The normalized spacial score (nSPS) is 24.2. The summed E-state index contributed by atoms with van der Waals surface area (Å²) in [5, 5.41) is 6.57. The molecule has 2 N–H and O–H groups in total. The van der Waals surface area contributed by atoms with E-state index in [0.717, 1.165) is 83.5 Å². The second-order valence-electron chi connectivity index (χ2n) is 14.2. The number of piperidine rings is 1. The molecule has 1 aromatic rings. The number of quaternary nitrogens is 1. The molecule has 3 fully saturated rings. The number of hydrogen-bond acceptors (Lipinski definition) is 5. The number of unbranched alkanes of at least 4 members (excludes halogenated alkanes) is 6. The quantitative estimate of drug-likeness (QED) is 0.164. The molecule has 0 bridgehead atoms. The number of nitrogens with one attached hydrogen (secondary N) is 2. The van der Waals surface area contributed by atoms with E-state index in [1.165, 1.54) is 69.9 Å². The molecule has 1 saturated carbocycles. The first-order valence-corrected chi connectivity index (χ1v) is 17.7. The average Bonchev–Trinajstić information content (AvgIpc) is 3.25. The molecule has 238 valence electrons. The third kappa shape index (κ3) is 8.16. The summed E-state index contributed by atoms with van der Waals surface area (Å²) >= 11 is 0. The number of hydrogen-bond donors (Lipinski definition) is 2. The number of rotatable bonds is 17. The molecule has 0 aromatic heterocycles. The number of carbonyl (C=O) groups excluding carboxylic acids is 1. The largest absolute Gasteiger partial charge is 0.341 e. The van der Waals surface area contributed by atoms with Gasteiger partial charge in [0, 0.05) is 24.8 Å². The van der Waals surface area contributed by atoms with Gasteiger partial charge in [-0.3, -0.25) is 0 Å². The van der Waals surface area contributed by atoms with Crippen molar-refractivity contribution >= 4 is 11.6 Å². The highest BCUT2D eigenvalue weighted by Gasteiger charge is 2.63. The number of benzene rings is 1. The molecule has 6 heteroatoms. The van der Waals surface area contributed by atoms with Crippen LogP contribution >= 0.6 is 0 Å². The highest BCUT2D eigenvalue weighted by Crippen LogP contribution is 2.44. The summed E-state index contributed by atoms with van der Waals surface area (Å²) in [5.74, 6) is 2.25. The average molecular weight is 583 g/mol. The summed E-state index contributed by atoms with van der Waals surface area (Å²) in [6.07, 6.45) is 17.1. The number of nitrogens with zero attached hydrogens (tertiary/aromatic N) is 3. The van der Waals surface area contributed by atoms with E-state index in [1.807, 2.05) is 14.1 Å². The van der Waals surface area contributed by atoms with Crippen LogP contribution in [0.1, 0.15) is 104 Å². The molecule has 0 radical (unpaired) electrons. The fourth-order valence-corrected chi connectivity index (χ4v) is 8.44. The fourth-order valence-electron chi connectivity index (χ4n) is 8.44. The van der Waals surface area contributed by atoms with Crippen molar-refractivity contribution in [3.05, 3.63) is 30.3 Å². The van der Waals surface area contributed by atoms with Gasteiger partial charge in [0.1, 0.15) is 0 Å². The van der Waals surface area contributed by atoms with Gasteiger partial charge in [0.15, 0.2) is 12.2 Å². The summed E-state index contributed by atoms with van der Waals surface area (Å²) in [5.41, 5.74) is 0.894. The molecule has 1 amide bonds. The molecule has 0 atom stereocenters. The maximum Gasteiger partial charge on any atom is 0.341 e. The molecular weight excluding hydrogens is 518 g/mol. The zero-order valence-electron chi connectivity index (χ0n) is 27.7. The molecule has 2 saturated heterocycles. The number of anilines is 1. The number of para-hydroxylation sites is 1. The van der Waals surface area contributed by atoms with Gasteiger partial charge >= 0.3 is 5.91 Å². The monoisotopic (exact) mass is 583 g/mol. The van der Waals surface area contributed by atoms with Crippen molar-refractivity contribution in [1.82, 2.24) is 15.5 Å². The van der Waals surface area contributed by atoms with Crippen molar-refractivity contribution in [2.24, 2.45) is 11.8 Å². The number of likely N-dealkylation sites (tertiary alicyclic amines) is 1. The first-order chi connectivity index (χ1) is 20.5. The Morgan fingerprint density at radius 3 is 1.88 bits per heavy atom. The van der Waals surface area contributed by atoms with Crippen LogP contribution in [-0.4, -0.2) is 86.9 Å². The highest BCUT2D eigenvalue weighted by molar-refractivity contribution is 5.88. The molecule has 4 rings (SSSR count). The van der Waals surface area contributed by atoms with E-state index in [0.29, 0.717) is 16.4 Å². The Kier molecular flexibility index (Phi) is 13.2. The van der Waals surface area contributed by atoms with Gasteiger partial charge in [0.2, 0.25) is 0 Å². The molecular formula is C36H64N5O+. The van der Waals surface area contributed by atoms with Gasteiger partial charge in [0.25, 0.3) is 0 Å². The molecule has 42 heavy (non-hydrogen) atoms. The minimum Gasteiger partial charge on any atom is -0.320 e. The Morgan fingerprint density at radius 2 is 1.36 bits per heavy atom. The number of carbonyl (C=O) groups is 1. The standard InChI is InChI=1S/C36H64N5O/c1-31(2)32-18-20-33(21-19-32)39-26-22-36(23-27-39)35(42)41(28-14-7-5-12-24-37-3,29-15-8-6-13-25-38-4)30-40(36)34-16-10-9-11-17-34/h9-11,16-17,31-33,37-38H,5-8,12-15,18-30H2,1-4H3/q+1/t32-,33-. The van der Waals surface area contributed by atoms with E-state index >= 15 is 4.79 Å². The van der Waals surface area contributed by atoms with Crippen LogP contribution in [0.5, 0.6) is 0 Å². The van der Waals surface area contributed by atoms with Gasteiger partial charge in [0.05, 0.1) is 13.1 Å². The van der Waals surface area contributed by atoms with Crippen LogP contribution < -0.4 is 15.5 Å². The van der Waals surface area contributed by atoms with Gasteiger partial charge in [-0.2, -0.15) is 0 Å². The van der Waals surface area contributed by atoms with Crippen molar-refractivity contribution in [1.29, 1.82) is 0 Å². The second kappa shape index (κ2) is 16.6. The van der Waals surface area contributed by atoms with E-state index in [9.17, 15) is 0 Å². The smallest absolute Gasteiger partial charge is 0.320 e.